The van der Waals surface area contributed by atoms with E-state index in [0.29, 0.717) is 5.02 Å². The second kappa shape index (κ2) is 6.38. The summed E-state index contributed by atoms with van der Waals surface area (Å²) in [6.07, 6.45) is 0. The normalized spacial score (nSPS) is 14.1. The van der Waals surface area contributed by atoms with Gasteiger partial charge in [0.05, 0.1) is 0 Å². The molecule has 0 aliphatic carbocycles. The quantitative estimate of drug-likeness (QED) is 0.816. The third-order valence-corrected chi connectivity index (χ3v) is 3.91. The predicted molar refractivity (Wildman–Crippen MR) is 82.6 cm³/mol. The van der Waals surface area contributed by atoms with Crippen molar-refractivity contribution < 1.29 is 4.39 Å². The van der Waals surface area contributed by atoms with Gasteiger partial charge in [-0.2, -0.15) is 0 Å². The van der Waals surface area contributed by atoms with Gasteiger partial charge in [0.2, 0.25) is 0 Å². The van der Waals surface area contributed by atoms with Gasteiger partial charge in [-0.05, 0) is 49.6 Å². The lowest BCUT2D eigenvalue weighted by atomic mass is 10.0. The summed E-state index contributed by atoms with van der Waals surface area (Å²) in [7, 11) is 0. The van der Waals surface area contributed by atoms with Crippen LogP contribution in [0.5, 0.6) is 0 Å². The molecule has 0 amide bonds. The lowest BCUT2D eigenvalue weighted by Crippen LogP contribution is -2.23. The van der Waals surface area contributed by atoms with Crippen LogP contribution < -0.4 is 5.32 Å². The van der Waals surface area contributed by atoms with Crippen molar-refractivity contribution in [2.75, 3.05) is 0 Å². The lowest BCUT2D eigenvalue weighted by Gasteiger charge is -2.22. The van der Waals surface area contributed by atoms with Gasteiger partial charge in [-0.25, -0.2) is 4.39 Å². The average molecular weight is 292 g/mol. The van der Waals surface area contributed by atoms with Gasteiger partial charge in [0, 0.05) is 17.1 Å². The molecule has 0 heterocycles. The molecule has 0 aliphatic heterocycles. The molecule has 0 fully saturated rings. The second-order valence-electron chi connectivity index (χ2n) is 5.13. The van der Waals surface area contributed by atoms with Crippen molar-refractivity contribution >= 4 is 11.6 Å². The third kappa shape index (κ3) is 3.38. The molecule has 0 spiro atoms. The molecule has 3 heteroatoms. The predicted octanol–water partition coefficient (Wildman–Crippen LogP) is 5.20. The number of halogens is 2. The molecule has 2 atom stereocenters. The van der Waals surface area contributed by atoms with Gasteiger partial charge in [-0.1, -0.05) is 41.9 Å². The van der Waals surface area contributed by atoms with Crippen molar-refractivity contribution in [1.29, 1.82) is 0 Å². The molecule has 0 aliphatic rings. The first-order chi connectivity index (χ1) is 9.49. The first-order valence-electron chi connectivity index (χ1n) is 6.75. The van der Waals surface area contributed by atoms with E-state index < -0.39 is 0 Å². The molecule has 2 aromatic rings. The van der Waals surface area contributed by atoms with Crippen molar-refractivity contribution in [2.45, 2.75) is 32.9 Å². The molecule has 106 valence electrons. The number of hydrogen-bond acceptors (Lipinski definition) is 1. The minimum Gasteiger partial charge on any atom is -0.304 e. The highest BCUT2D eigenvalue weighted by molar-refractivity contribution is 6.31. The second-order valence-corrected chi connectivity index (χ2v) is 5.54. The zero-order chi connectivity index (χ0) is 14.7. The average Bonchev–Trinajstić information content (AvgIpc) is 2.38. The first-order valence-corrected chi connectivity index (χ1v) is 7.13. The summed E-state index contributed by atoms with van der Waals surface area (Å²) >= 11 is 6.11. The summed E-state index contributed by atoms with van der Waals surface area (Å²) in [6, 6.07) is 13.1. The molecular formula is C17H19ClFN. The Balaban J connectivity index is 2.15. The molecule has 0 saturated heterocycles. The largest absolute Gasteiger partial charge is 0.304 e. The van der Waals surface area contributed by atoms with E-state index in [2.05, 4.69) is 31.3 Å². The molecular weight excluding hydrogens is 273 g/mol. The topological polar surface area (TPSA) is 12.0 Å². The smallest absolute Gasteiger partial charge is 0.124 e. The fourth-order valence-electron chi connectivity index (χ4n) is 2.48. The maximum atomic E-state index is 13.1. The molecule has 1 N–H and O–H groups in total. The minimum absolute atomic E-state index is 0.0534. The number of rotatable bonds is 4. The van der Waals surface area contributed by atoms with Crippen LogP contribution in [0.2, 0.25) is 5.02 Å². The zero-order valence-corrected chi connectivity index (χ0v) is 12.7. The van der Waals surface area contributed by atoms with Gasteiger partial charge in [-0.3, -0.25) is 0 Å². The molecule has 20 heavy (non-hydrogen) atoms. The van der Waals surface area contributed by atoms with E-state index in [1.54, 1.807) is 6.07 Å². The summed E-state index contributed by atoms with van der Waals surface area (Å²) in [5.74, 6) is -0.307. The monoisotopic (exact) mass is 291 g/mol. The Labute approximate surface area is 124 Å². The van der Waals surface area contributed by atoms with Gasteiger partial charge in [0.25, 0.3) is 0 Å². The highest BCUT2D eigenvalue weighted by atomic mass is 35.5. The van der Waals surface area contributed by atoms with E-state index >= 15 is 0 Å². The van der Waals surface area contributed by atoms with Crippen LogP contribution in [0.1, 0.15) is 42.6 Å². The standard InChI is InChI=1S/C17H19ClFN/c1-11-6-4-5-7-15(11)12(2)20-13(3)16-9-8-14(19)10-17(16)18/h4-10,12-13,20H,1-3H3. The number of hydrogen-bond donors (Lipinski definition) is 1. The van der Waals surface area contributed by atoms with Crippen LogP contribution in [0.25, 0.3) is 0 Å². The van der Waals surface area contributed by atoms with Gasteiger partial charge in [0.1, 0.15) is 5.82 Å². The van der Waals surface area contributed by atoms with E-state index in [4.69, 9.17) is 11.6 Å². The summed E-state index contributed by atoms with van der Waals surface area (Å²) in [4.78, 5) is 0. The van der Waals surface area contributed by atoms with Gasteiger partial charge in [0.15, 0.2) is 0 Å². The molecule has 2 aromatic carbocycles. The van der Waals surface area contributed by atoms with Crippen LogP contribution in [-0.2, 0) is 0 Å². The summed E-state index contributed by atoms with van der Waals surface area (Å²) in [5.41, 5.74) is 3.43. The Kier molecular flexibility index (Phi) is 4.79. The summed E-state index contributed by atoms with van der Waals surface area (Å²) in [5, 5.41) is 3.97. The molecule has 0 saturated carbocycles. The van der Waals surface area contributed by atoms with Crippen LogP contribution in [0.15, 0.2) is 42.5 Å². The summed E-state index contributed by atoms with van der Waals surface area (Å²) in [6.45, 7) is 6.26. The first kappa shape index (κ1) is 15.0. The Morgan fingerprint density at radius 2 is 1.65 bits per heavy atom. The molecule has 2 rings (SSSR count). The Morgan fingerprint density at radius 1 is 1.00 bits per heavy atom. The lowest BCUT2D eigenvalue weighted by molar-refractivity contribution is 0.492. The highest BCUT2D eigenvalue weighted by Gasteiger charge is 2.15. The van der Waals surface area contributed by atoms with Crippen LogP contribution in [0, 0.1) is 12.7 Å². The molecule has 0 bridgehead atoms. The van der Waals surface area contributed by atoms with Gasteiger partial charge in [-0.15, -0.1) is 0 Å². The molecule has 0 radical (unpaired) electrons. The van der Waals surface area contributed by atoms with E-state index in [9.17, 15) is 4.39 Å². The Hall–Kier alpha value is -1.38. The Bertz CT molecular complexity index is 597. The highest BCUT2D eigenvalue weighted by Crippen LogP contribution is 2.26. The van der Waals surface area contributed by atoms with Crippen LogP contribution in [0.4, 0.5) is 4.39 Å². The van der Waals surface area contributed by atoms with Crippen molar-refractivity contribution in [2.24, 2.45) is 0 Å². The van der Waals surface area contributed by atoms with Crippen LogP contribution in [-0.4, -0.2) is 0 Å². The third-order valence-electron chi connectivity index (χ3n) is 3.58. The fourth-order valence-corrected chi connectivity index (χ4v) is 2.81. The van der Waals surface area contributed by atoms with Crippen molar-refractivity contribution in [3.05, 3.63) is 70.0 Å². The van der Waals surface area contributed by atoms with E-state index in [-0.39, 0.29) is 17.9 Å². The molecule has 2 unspecified atom stereocenters. The molecule has 1 nitrogen and oxygen atoms in total. The maximum absolute atomic E-state index is 13.1. The fraction of sp³-hybridized carbons (Fsp3) is 0.294. The van der Waals surface area contributed by atoms with E-state index in [1.165, 1.54) is 23.3 Å². The summed E-state index contributed by atoms with van der Waals surface area (Å²) < 4.78 is 13.1. The van der Waals surface area contributed by atoms with E-state index in [0.717, 1.165) is 5.56 Å². The van der Waals surface area contributed by atoms with Crippen molar-refractivity contribution in [3.63, 3.8) is 0 Å². The van der Waals surface area contributed by atoms with Crippen LogP contribution >= 0.6 is 11.6 Å². The number of nitrogens with one attached hydrogen (secondary N) is 1. The number of aryl methyl sites for hydroxylation is 1. The molecule has 0 aromatic heterocycles. The SMILES string of the molecule is Cc1ccccc1C(C)NC(C)c1ccc(F)cc1Cl. The Morgan fingerprint density at radius 3 is 2.30 bits per heavy atom. The van der Waals surface area contributed by atoms with Gasteiger partial charge >= 0.3 is 0 Å². The zero-order valence-electron chi connectivity index (χ0n) is 12.0. The number of benzene rings is 2. The van der Waals surface area contributed by atoms with E-state index in [1.807, 2.05) is 19.1 Å². The van der Waals surface area contributed by atoms with Crippen molar-refractivity contribution in [1.82, 2.24) is 5.32 Å². The van der Waals surface area contributed by atoms with Crippen LogP contribution in [0.3, 0.4) is 0 Å². The minimum atomic E-state index is -0.307. The van der Waals surface area contributed by atoms with Crippen molar-refractivity contribution in [3.8, 4) is 0 Å². The van der Waals surface area contributed by atoms with Gasteiger partial charge < -0.3 is 5.32 Å². The maximum Gasteiger partial charge on any atom is 0.124 e.